The molecule has 0 saturated carbocycles. The molecule has 0 spiro atoms. The molecule has 26 heavy (non-hydrogen) atoms. The number of rotatable bonds is 3. The second-order valence-corrected chi connectivity index (χ2v) is 7.78. The Morgan fingerprint density at radius 3 is 2.42 bits per heavy atom. The summed E-state index contributed by atoms with van der Waals surface area (Å²) in [5, 5.41) is 16.6. The van der Waals surface area contributed by atoms with E-state index in [1.807, 2.05) is 12.1 Å². The van der Waals surface area contributed by atoms with E-state index in [2.05, 4.69) is 43.1 Å². The number of carbonyl (C=O) groups is 1. The second kappa shape index (κ2) is 6.70. The van der Waals surface area contributed by atoms with Crippen molar-refractivity contribution in [2.24, 2.45) is 0 Å². The molecule has 0 aliphatic heterocycles. The highest BCUT2D eigenvalue weighted by atomic mass is 35.5. The maximum atomic E-state index is 11.4. The van der Waals surface area contributed by atoms with E-state index in [-0.39, 0.29) is 16.0 Å². The monoisotopic (exact) mass is 387 g/mol. The zero-order valence-corrected chi connectivity index (χ0v) is 16.1. The standard InChI is InChI=1S/C19H18ClN3O2S/c1-19(2,3)12-6-4-11(5-7-12)16-21-22-18(26)23(16)13-8-9-15(20)14(10-13)17(24)25/h4-10H,1-3H3,(H,22,26)(H,24,25). The number of aromatic amines is 1. The summed E-state index contributed by atoms with van der Waals surface area (Å²) in [6.45, 7) is 6.46. The minimum absolute atomic E-state index is 0.0151. The van der Waals surface area contributed by atoms with E-state index in [0.29, 0.717) is 16.3 Å². The van der Waals surface area contributed by atoms with Crippen LogP contribution in [0.5, 0.6) is 0 Å². The topological polar surface area (TPSA) is 70.9 Å². The van der Waals surface area contributed by atoms with E-state index in [9.17, 15) is 9.90 Å². The van der Waals surface area contributed by atoms with Crippen LogP contribution in [0.4, 0.5) is 0 Å². The number of aromatic carboxylic acids is 1. The van der Waals surface area contributed by atoms with Gasteiger partial charge in [0, 0.05) is 5.56 Å². The van der Waals surface area contributed by atoms with Crippen molar-refractivity contribution < 1.29 is 9.90 Å². The smallest absolute Gasteiger partial charge is 0.337 e. The molecule has 0 atom stereocenters. The van der Waals surface area contributed by atoms with Gasteiger partial charge in [-0.2, -0.15) is 5.10 Å². The van der Waals surface area contributed by atoms with Crippen LogP contribution < -0.4 is 0 Å². The first-order chi connectivity index (χ1) is 12.2. The van der Waals surface area contributed by atoms with Gasteiger partial charge < -0.3 is 5.11 Å². The Morgan fingerprint density at radius 1 is 1.19 bits per heavy atom. The molecular weight excluding hydrogens is 370 g/mol. The Bertz CT molecular complexity index is 1030. The van der Waals surface area contributed by atoms with Gasteiger partial charge in [0.2, 0.25) is 0 Å². The summed E-state index contributed by atoms with van der Waals surface area (Å²) in [7, 11) is 0. The van der Waals surface area contributed by atoms with Crippen molar-refractivity contribution in [2.45, 2.75) is 26.2 Å². The van der Waals surface area contributed by atoms with Crippen molar-refractivity contribution in [1.82, 2.24) is 14.8 Å². The van der Waals surface area contributed by atoms with Crippen LogP contribution in [0.3, 0.4) is 0 Å². The normalized spacial score (nSPS) is 11.5. The molecule has 1 aromatic heterocycles. The van der Waals surface area contributed by atoms with Gasteiger partial charge in [-0.05, 0) is 41.4 Å². The Balaban J connectivity index is 2.12. The number of hydrogen-bond acceptors (Lipinski definition) is 3. The van der Waals surface area contributed by atoms with Crippen LogP contribution in [0.25, 0.3) is 17.1 Å². The number of carboxylic acids is 1. The van der Waals surface area contributed by atoms with Crippen molar-refractivity contribution in [1.29, 1.82) is 0 Å². The zero-order valence-electron chi connectivity index (χ0n) is 14.6. The minimum Gasteiger partial charge on any atom is -0.478 e. The summed E-state index contributed by atoms with van der Waals surface area (Å²) in [5.74, 6) is -0.489. The van der Waals surface area contributed by atoms with Crippen LogP contribution in [-0.4, -0.2) is 25.8 Å². The predicted octanol–water partition coefficient (Wildman–Crippen LogP) is 5.25. The highest BCUT2D eigenvalue weighted by Gasteiger charge is 2.17. The lowest BCUT2D eigenvalue weighted by molar-refractivity contribution is 0.0697. The Kier molecular flexibility index (Phi) is 4.73. The minimum atomic E-state index is -1.09. The van der Waals surface area contributed by atoms with E-state index < -0.39 is 5.97 Å². The summed E-state index contributed by atoms with van der Waals surface area (Å²) < 4.78 is 2.07. The van der Waals surface area contributed by atoms with E-state index in [1.54, 1.807) is 16.7 Å². The molecule has 134 valence electrons. The molecule has 0 amide bonds. The van der Waals surface area contributed by atoms with Crippen molar-refractivity contribution in [3.05, 3.63) is 63.4 Å². The van der Waals surface area contributed by atoms with Gasteiger partial charge in [-0.25, -0.2) is 4.79 Å². The molecule has 0 fully saturated rings. The van der Waals surface area contributed by atoms with Gasteiger partial charge in [0.05, 0.1) is 16.3 Å². The third kappa shape index (κ3) is 3.43. The molecule has 0 unspecified atom stereocenters. The lowest BCUT2D eigenvalue weighted by atomic mass is 9.87. The molecule has 0 saturated heterocycles. The largest absolute Gasteiger partial charge is 0.478 e. The average molecular weight is 388 g/mol. The van der Waals surface area contributed by atoms with E-state index in [1.165, 1.54) is 11.6 Å². The molecular formula is C19H18ClN3O2S. The van der Waals surface area contributed by atoms with Gasteiger partial charge >= 0.3 is 5.97 Å². The number of benzene rings is 2. The summed E-state index contributed by atoms with van der Waals surface area (Å²) in [4.78, 5) is 11.4. The molecule has 0 aliphatic rings. The lowest BCUT2D eigenvalue weighted by Gasteiger charge is -2.19. The Morgan fingerprint density at radius 2 is 1.85 bits per heavy atom. The van der Waals surface area contributed by atoms with Crippen LogP contribution in [0, 0.1) is 4.77 Å². The summed E-state index contributed by atoms with van der Waals surface area (Å²) in [6.07, 6.45) is 0. The van der Waals surface area contributed by atoms with Gasteiger partial charge in [-0.15, -0.1) is 0 Å². The SMILES string of the molecule is CC(C)(C)c1ccc(-c2n[nH]c(=S)n2-c2ccc(Cl)c(C(=O)O)c2)cc1. The summed E-state index contributed by atoms with van der Waals surface area (Å²) in [6, 6.07) is 12.8. The Labute approximate surface area is 161 Å². The molecule has 2 N–H and O–H groups in total. The fraction of sp³-hybridized carbons (Fsp3) is 0.211. The molecule has 5 nitrogen and oxygen atoms in total. The summed E-state index contributed by atoms with van der Waals surface area (Å²) in [5.41, 5.74) is 2.73. The number of hydrogen-bond donors (Lipinski definition) is 2. The van der Waals surface area contributed by atoms with Gasteiger partial charge in [0.1, 0.15) is 0 Å². The van der Waals surface area contributed by atoms with Gasteiger partial charge in [0.15, 0.2) is 10.6 Å². The molecule has 0 aliphatic carbocycles. The fourth-order valence-corrected chi connectivity index (χ4v) is 3.10. The highest BCUT2D eigenvalue weighted by Crippen LogP contribution is 2.28. The van der Waals surface area contributed by atoms with Crippen LogP contribution in [0.15, 0.2) is 42.5 Å². The van der Waals surface area contributed by atoms with Gasteiger partial charge in [-0.1, -0.05) is 56.6 Å². The molecule has 7 heteroatoms. The molecule has 0 bridgehead atoms. The van der Waals surface area contributed by atoms with Crippen molar-refractivity contribution in [3.63, 3.8) is 0 Å². The second-order valence-electron chi connectivity index (χ2n) is 6.98. The molecule has 3 rings (SSSR count). The molecule has 3 aromatic rings. The average Bonchev–Trinajstić information content (AvgIpc) is 2.96. The number of carboxylic acid groups (broad SMARTS) is 1. The number of nitrogens with one attached hydrogen (secondary N) is 1. The first kappa shape index (κ1) is 18.4. The van der Waals surface area contributed by atoms with Crippen molar-refractivity contribution >= 4 is 29.8 Å². The van der Waals surface area contributed by atoms with E-state index in [0.717, 1.165) is 5.56 Å². The third-order valence-electron chi connectivity index (χ3n) is 4.12. The maximum Gasteiger partial charge on any atom is 0.337 e. The maximum absolute atomic E-state index is 11.4. The first-order valence-corrected chi connectivity index (χ1v) is 8.78. The van der Waals surface area contributed by atoms with Crippen LogP contribution in [0.1, 0.15) is 36.7 Å². The molecule has 1 heterocycles. The quantitative estimate of drug-likeness (QED) is 0.602. The molecule has 2 aromatic carbocycles. The predicted molar refractivity (Wildman–Crippen MR) is 105 cm³/mol. The number of nitrogens with zero attached hydrogens (tertiary/aromatic N) is 2. The fourth-order valence-electron chi connectivity index (χ4n) is 2.67. The van der Waals surface area contributed by atoms with Crippen molar-refractivity contribution in [2.75, 3.05) is 0 Å². The third-order valence-corrected chi connectivity index (χ3v) is 4.72. The molecule has 0 radical (unpaired) electrons. The zero-order chi connectivity index (χ0) is 19.1. The number of aromatic nitrogens is 3. The van der Waals surface area contributed by atoms with Crippen LogP contribution in [0.2, 0.25) is 5.02 Å². The van der Waals surface area contributed by atoms with E-state index >= 15 is 0 Å². The highest BCUT2D eigenvalue weighted by molar-refractivity contribution is 7.71. The number of halogens is 1. The van der Waals surface area contributed by atoms with Gasteiger partial charge in [-0.3, -0.25) is 9.67 Å². The van der Waals surface area contributed by atoms with Crippen molar-refractivity contribution in [3.8, 4) is 17.1 Å². The van der Waals surface area contributed by atoms with Crippen LogP contribution in [-0.2, 0) is 5.41 Å². The summed E-state index contributed by atoms with van der Waals surface area (Å²) >= 11 is 11.3. The lowest BCUT2D eigenvalue weighted by Crippen LogP contribution is -2.10. The van der Waals surface area contributed by atoms with Gasteiger partial charge in [0.25, 0.3) is 0 Å². The van der Waals surface area contributed by atoms with Crippen LogP contribution >= 0.6 is 23.8 Å². The Hall–Kier alpha value is -2.44. The first-order valence-electron chi connectivity index (χ1n) is 8.00. The van der Waals surface area contributed by atoms with E-state index in [4.69, 9.17) is 23.8 Å². The number of H-pyrrole nitrogens is 1.